The van der Waals surface area contributed by atoms with Crippen molar-refractivity contribution in [2.75, 3.05) is 18.9 Å². The van der Waals surface area contributed by atoms with Crippen molar-refractivity contribution in [2.45, 2.75) is 32.2 Å². The summed E-state index contributed by atoms with van der Waals surface area (Å²) in [5.74, 6) is 0.351. The Morgan fingerprint density at radius 3 is 2.62 bits per heavy atom. The van der Waals surface area contributed by atoms with Crippen molar-refractivity contribution in [3.63, 3.8) is 0 Å². The summed E-state index contributed by atoms with van der Waals surface area (Å²) in [6.07, 6.45) is 2.46. The van der Waals surface area contributed by atoms with E-state index in [-0.39, 0.29) is 10.4 Å². The van der Waals surface area contributed by atoms with Gasteiger partial charge in [-0.05, 0) is 24.0 Å². The van der Waals surface area contributed by atoms with Gasteiger partial charge in [-0.3, -0.25) is 4.40 Å². The molecular weight excluding hydrogens is 288 g/mol. The van der Waals surface area contributed by atoms with Gasteiger partial charge in [-0.15, -0.1) is 0 Å². The van der Waals surface area contributed by atoms with Crippen LogP contribution in [0.4, 0.5) is 5.82 Å². The van der Waals surface area contributed by atoms with Crippen LogP contribution in [-0.4, -0.2) is 31.4 Å². The Morgan fingerprint density at radius 2 is 2.00 bits per heavy atom. The third-order valence-electron chi connectivity index (χ3n) is 3.14. The smallest absolute Gasteiger partial charge is 0.260 e. The number of hydrogen-bond donors (Lipinski definition) is 2. The van der Waals surface area contributed by atoms with Crippen LogP contribution in [0.15, 0.2) is 29.4 Å². The first-order chi connectivity index (χ1) is 9.74. The van der Waals surface area contributed by atoms with Gasteiger partial charge in [-0.2, -0.15) is 0 Å². The first kappa shape index (κ1) is 15.8. The normalized spacial score (nSPS) is 12.8. The van der Waals surface area contributed by atoms with E-state index in [4.69, 9.17) is 0 Å². The molecule has 2 heterocycles. The molecule has 0 amide bonds. The third kappa shape index (κ3) is 3.54. The molecule has 0 saturated carbocycles. The van der Waals surface area contributed by atoms with E-state index < -0.39 is 10.0 Å². The zero-order valence-corrected chi connectivity index (χ0v) is 13.7. The highest BCUT2D eigenvalue weighted by Crippen LogP contribution is 2.23. The molecule has 21 heavy (non-hydrogen) atoms. The lowest BCUT2D eigenvalue weighted by atomic mass is 9.93. The topological polar surface area (TPSA) is 75.5 Å². The average Bonchev–Trinajstić information content (AvgIpc) is 2.75. The van der Waals surface area contributed by atoms with Gasteiger partial charge in [0.1, 0.15) is 5.65 Å². The van der Waals surface area contributed by atoms with Gasteiger partial charge in [0.15, 0.2) is 10.8 Å². The molecule has 2 aromatic rings. The van der Waals surface area contributed by atoms with Gasteiger partial charge in [-0.25, -0.2) is 18.1 Å². The average molecular weight is 310 g/mol. The van der Waals surface area contributed by atoms with Gasteiger partial charge in [0.2, 0.25) is 0 Å². The minimum atomic E-state index is -3.62. The minimum Gasteiger partial charge on any atom is -0.371 e. The van der Waals surface area contributed by atoms with Crippen molar-refractivity contribution in [2.24, 2.45) is 5.41 Å². The number of imidazole rings is 1. The molecule has 0 unspecified atom stereocenters. The summed E-state index contributed by atoms with van der Waals surface area (Å²) in [4.78, 5) is 4.29. The molecule has 0 atom stereocenters. The van der Waals surface area contributed by atoms with E-state index in [0.717, 1.165) is 6.42 Å². The predicted octanol–water partition coefficient (Wildman–Crippen LogP) is 2.09. The zero-order valence-electron chi connectivity index (χ0n) is 12.8. The van der Waals surface area contributed by atoms with Crippen molar-refractivity contribution in [3.8, 4) is 0 Å². The maximum atomic E-state index is 12.6. The van der Waals surface area contributed by atoms with Crippen LogP contribution in [0.25, 0.3) is 5.65 Å². The Kier molecular flexibility index (Phi) is 4.25. The lowest BCUT2D eigenvalue weighted by molar-refractivity contribution is 0.378. The van der Waals surface area contributed by atoms with Crippen molar-refractivity contribution in [1.29, 1.82) is 0 Å². The monoisotopic (exact) mass is 310 g/mol. The lowest BCUT2D eigenvalue weighted by Gasteiger charge is -2.18. The molecule has 0 aliphatic rings. The molecule has 2 N–H and O–H groups in total. The van der Waals surface area contributed by atoms with E-state index in [9.17, 15) is 8.42 Å². The molecule has 0 aliphatic carbocycles. The molecule has 7 heteroatoms. The van der Waals surface area contributed by atoms with Crippen LogP contribution in [0.2, 0.25) is 0 Å². The first-order valence-electron chi connectivity index (χ1n) is 6.89. The van der Waals surface area contributed by atoms with E-state index in [0.29, 0.717) is 18.0 Å². The van der Waals surface area contributed by atoms with Crippen molar-refractivity contribution in [1.82, 2.24) is 14.1 Å². The molecule has 0 saturated heterocycles. The Bertz CT molecular complexity index is 729. The Balaban J connectivity index is 2.35. The molecule has 0 fully saturated rings. The van der Waals surface area contributed by atoms with Crippen LogP contribution in [0.1, 0.15) is 27.2 Å². The van der Waals surface area contributed by atoms with Crippen LogP contribution in [0, 0.1) is 5.41 Å². The number of nitrogens with zero attached hydrogens (tertiary/aromatic N) is 2. The highest BCUT2D eigenvalue weighted by atomic mass is 32.2. The number of hydrogen-bond acceptors (Lipinski definition) is 4. The van der Waals surface area contributed by atoms with Crippen molar-refractivity contribution >= 4 is 21.5 Å². The number of anilines is 1. The lowest BCUT2D eigenvalue weighted by Crippen LogP contribution is -2.28. The second-order valence-corrected chi connectivity index (χ2v) is 7.84. The first-order valence-corrected chi connectivity index (χ1v) is 8.37. The Labute approximate surface area is 125 Å². The van der Waals surface area contributed by atoms with Gasteiger partial charge in [0.05, 0.1) is 0 Å². The number of pyridine rings is 1. The van der Waals surface area contributed by atoms with E-state index in [1.165, 1.54) is 0 Å². The fourth-order valence-corrected chi connectivity index (χ4v) is 3.34. The number of fused-ring (bicyclic) bond motifs is 1. The fraction of sp³-hybridized carbons (Fsp3) is 0.500. The largest absolute Gasteiger partial charge is 0.371 e. The Morgan fingerprint density at radius 1 is 1.29 bits per heavy atom. The number of rotatable bonds is 5. The van der Waals surface area contributed by atoms with E-state index in [2.05, 4.69) is 35.8 Å². The molecule has 0 aliphatic heterocycles. The number of sulfonamides is 1. The quantitative estimate of drug-likeness (QED) is 0.886. The molecule has 0 spiro atoms. The summed E-state index contributed by atoms with van der Waals surface area (Å²) in [7, 11) is -1.96. The van der Waals surface area contributed by atoms with Crippen LogP contribution in [-0.2, 0) is 10.0 Å². The fourth-order valence-electron chi connectivity index (χ4n) is 2.02. The standard InChI is InChI=1S/C14H22N4O2S/c1-14(2,3)8-9-16-21(19,20)13-12(15-4)17-11-7-5-6-10-18(11)13/h5-7,10,15-16H,8-9H2,1-4H3. The molecule has 2 rings (SSSR count). The summed E-state index contributed by atoms with van der Waals surface area (Å²) < 4.78 is 29.4. The summed E-state index contributed by atoms with van der Waals surface area (Å²) in [6, 6.07) is 5.38. The number of nitrogens with one attached hydrogen (secondary N) is 2. The van der Waals surface area contributed by atoms with E-state index in [1.54, 1.807) is 29.8 Å². The molecule has 6 nitrogen and oxygen atoms in total. The summed E-state index contributed by atoms with van der Waals surface area (Å²) in [5.41, 5.74) is 0.673. The highest BCUT2D eigenvalue weighted by molar-refractivity contribution is 7.89. The van der Waals surface area contributed by atoms with Gasteiger partial charge < -0.3 is 5.32 Å². The molecule has 0 aromatic carbocycles. The molecule has 0 bridgehead atoms. The van der Waals surface area contributed by atoms with Gasteiger partial charge in [0.25, 0.3) is 10.0 Å². The SMILES string of the molecule is CNc1nc2ccccn2c1S(=O)(=O)NCCC(C)(C)C. The second kappa shape index (κ2) is 5.65. The maximum absolute atomic E-state index is 12.6. The molecular formula is C14H22N4O2S. The Hall–Kier alpha value is -1.60. The van der Waals surface area contributed by atoms with Crippen LogP contribution < -0.4 is 10.0 Å². The van der Waals surface area contributed by atoms with Gasteiger partial charge >= 0.3 is 0 Å². The van der Waals surface area contributed by atoms with Gasteiger partial charge in [-0.1, -0.05) is 26.8 Å². The van der Waals surface area contributed by atoms with Gasteiger partial charge in [0, 0.05) is 19.8 Å². The maximum Gasteiger partial charge on any atom is 0.260 e. The zero-order chi connectivity index (χ0) is 15.7. The second-order valence-electron chi connectivity index (χ2n) is 6.15. The van der Waals surface area contributed by atoms with E-state index in [1.807, 2.05) is 6.07 Å². The van der Waals surface area contributed by atoms with E-state index >= 15 is 0 Å². The van der Waals surface area contributed by atoms with Crippen LogP contribution in [0.3, 0.4) is 0 Å². The molecule has 116 valence electrons. The molecule has 2 aromatic heterocycles. The third-order valence-corrected chi connectivity index (χ3v) is 4.63. The van der Waals surface area contributed by atoms with Crippen LogP contribution in [0.5, 0.6) is 0 Å². The van der Waals surface area contributed by atoms with Crippen molar-refractivity contribution in [3.05, 3.63) is 24.4 Å². The van der Waals surface area contributed by atoms with Crippen molar-refractivity contribution < 1.29 is 8.42 Å². The number of aromatic nitrogens is 2. The summed E-state index contributed by atoms with van der Waals surface area (Å²) in [5, 5.41) is 2.99. The highest BCUT2D eigenvalue weighted by Gasteiger charge is 2.24. The predicted molar refractivity (Wildman–Crippen MR) is 84.0 cm³/mol. The van der Waals surface area contributed by atoms with Crippen LogP contribution >= 0.6 is 0 Å². The summed E-state index contributed by atoms with van der Waals surface area (Å²) >= 11 is 0. The minimum absolute atomic E-state index is 0.0772. The molecule has 0 radical (unpaired) electrons. The summed E-state index contributed by atoms with van der Waals surface area (Å²) in [6.45, 7) is 6.63.